The van der Waals surface area contributed by atoms with Gasteiger partial charge in [0.2, 0.25) is 5.91 Å². The second-order valence-electron chi connectivity index (χ2n) is 12.1. The third kappa shape index (κ3) is 27.4. The van der Waals surface area contributed by atoms with Crippen molar-refractivity contribution in [3.8, 4) is 0 Å². The van der Waals surface area contributed by atoms with Gasteiger partial charge in [0.15, 0.2) is 0 Å². The highest BCUT2D eigenvalue weighted by Crippen LogP contribution is 2.13. The Bertz CT molecular complexity index is 660. The Labute approximate surface area is 260 Å². The molecule has 4 N–H and O–H groups in total. The Morgan fingerprint density at radius 2 is 0.976 bits per heavy atom. The first kappa shape index (κ1) is 40.6. The molecule has 3 atom stereocenters. The van der Waals surface area contributed by atoms with E-state index in [1.165, 1.54) is 103 Å². The highest BCUT2D eigenvalue weighted by molar-refractivity contribution is 5.80. The van der Waals surface area contributed by atoms with Crippen LogP contribution in [-0.2, 0) is 4.79 Å². The summed E-state index contributed by atoms with van der Waals surface area (Å²) in [5, 5.41) is 32.8. The summed E-state index contributed by atoms with van der Waals surface area (Å²) in [6.45, 7) is 4.11. The van der Waals surface area contributed by atoms with E-state index in [0.717, 1.165) is 44.9 Å². The van der Waals surface area contributed by atoms with E-state index in [2.05, 4.69) is 43.5 Å². The summed E-state index contributed by atoms with van der Waals surface area (Å²) >= 11 is 0. The Morgan fingerprint density at radius 1 is 0.571 bits per heavy atom. The zero-order valence-electron chi connectivity index (χ0n) is 27.6. The van der Waals surface area contributed by atoms with Crippen LogP contribution in [0.2, 0.25) is 0 Å². The van der Waals surface area contributed by atoms with Gasteiger partial charge >= 0.3 is 0 Å². The molecule has 0 aliphatic carbocycles. The van der Waals surface area contributed by atoms with E-state index >= 15 is 0 Å². The topological polar surface area (TPSA) is 89.8 Å². The molecule has 5 nitrogen and oxygen atoms in total. The van der Waals surface area contributed by atoms with Gasteiger partial charge in [0, 0.05) is 0 Å². The summed E-state index contributed by atoms with van der Waals surface area (Å²) in [5.74, 6) is -0.522. The van der Waals surface area contributed by atoms with Crippen LogP contribution < -0.4 is 5.32 Å². The van der Waals surface area contributed by atoms with E-state index in [4.69, 9.17) is 0 Å². The molecule has 5 heteroatoms. The lowest BCUT2D eigenvalue weighted by Gasteiger charge is -2.21. The molecule has 0 aliphatic rings. The van der Waals surface area contributed by atoms with Gasteiger partial charge < -0.3 is 20.6 Å². The number of carbonyl (C=O) groups excluding carboxylic acids is 1. The van der Waals surface area contributed by atoms with E-state index in [1.807, 2.05) is 6.08 Å². The fourth-order valence-corrected chi connectivity index (χ4v) is 5.10. The normalized spacial score (nSPS) is 14.3. The highest BCUT2D eigenvalue weighted by atomic mass is 16.3. The van der Waals surface area contributed by atoms with Crippen LogP contribution >= 0.6 is 0 Å². The van der Waals surface area contributed by atoms with Gasteiger partial charge in [0.25, 0.3) is 0 Å². The molecule has 0 aromatic rings. The van der Waals surface area contributed by atoms with Crippen LogP contribution in [0.15, 0.2) is 36.5 Å². The molecule has 42 heavy (non-hydrogen) atoms. The van der Waals surface area contributed by atoms with Crippen molar-refractivity contribution in [2.45, 2.75) is 186 Å². The second-order valence-corrected chi connectivity index (χ2v) is 12.1. The number of carbonyl (C=O) groups is 1. The predicted molar refractivity (Wildman–Crippen MR) is 181 cm³/mol. The van der Waals surface area contributed by atoms with Crippen LogP contribution in [0.3, 0.4) is 0 Å². The summed E-state index contributed by atoms with van der Waals surface area (Å²) in [5.41, 5.74) is 0. The number of hydrogen-bond donors (Lipinski definition) is 4. The molecule has 0 aromatic heterocycles. The Hall–Kier alpha value is -1.43. The minimum atomic E-state index is -1.10. The average Bonchev–Trinajstić information content (AvgIpc) is 2.99. The number of amides is 1. The van der Waals surface area contributed by atoms with Gasteiger partial charge in [0.05, 0.1) is 18.8 Å². The number of allylic oxidation sites excluding steroid dienone is 5. The van der Waals surface area contributed by atoms with Gasteiger partial charge in [-0.25, -0.2) is 0 Å². The van der Waals surface area contributed by atoms with Crippen molar-refractivity contribution in [1.82, 2.24) is 5.32 Å². The van der Waals surface area contributed by atoms with Crippen LogP contribution in [0.5, 0.6) is 0 Å². The standard InChI is InChI=1S/C37H69NO4/c1-3-5-7-9-11-13-14-15-16-17-18-19-20-21-22-24-25-27-29-31-35(40)34(33-39)38-37(42)36(41)32-30-28-26-23-12-10-8-6-4-2/h18-19,22,24,29,31,34-36,39-41H,3-17,20-21,23,25-28,30,32-33H2,1-2H3,(H,38,42)/b19-18+,24-22+,31-29+. The van der Waals surface area contributed by atoms with Crippen molar-refractivity contribution in [1.29, 1.82) is 0 Å². The van der Waals surface area contributed by atoms with Crippen molar-refractivity contribution in [2.24, 2.45) is 0 Å². The summed E-state index contributed by atoms with van der Waals surface area (Å²) in [7, 11) is 0. The molecular weight excluding hydrogens is 522 g/mol. The van der Waals surface area contributed by atoms with Gasteiger partial charge in [-0.3, -0.25) is 4.79 Å². The van der Waals surface area contributed by atoms with Crippen molar-refractivity contribution < 1.29 is 20.1 Å². The Balaban J connectivity index is 3.83. The molecular formula is C37H69NO4. The summed E-state index contributed by atoms with van der Waals surface area (Å²) in [6.07, 6.45) is 38.8. The SMILES string of the molecule is CCCCCCCCCCC/C=C/CC/C=C/CC/C=C/C(O)C(CO)NC(=O)C(O)CCCCCCCCCCC. The molecule has 0 heterocycles. The molecule has 0 rings (SSSR count). The molecule has 0 aromatic carbocycles. The Morgan fingerprint density at radius 3 is 1.45 bits per heavy atom. The van der Waals surface area contributed by atoms with E-state index in [0.29, 0.717) is 6.42 Å². The zero-order valence-corrected chi connectivity index (χ0v) is 27.6. The van der Waals surface area contributed by atoms with Crippen LogP contribution in [-0.4, -0.2) is 46.1 Å². The van der Waals surface area contributed by atoms with Crippen LogP contribution in [0.25, 0.3) is 0 Å². The average molecular weight is 592 g/mol. The maximum absolute atomic E-state index is 12.3. The van der Waals surface area contributed by atoms with Gasteiger partial charge in [-0.15, -0.1) is 0 Å². The number of rotatable bonds is 31. The van der Waals surface area contributed by atoms with Gasteiger partial charge in [-0.2, -0.15) is 0 Å². The van der Waals surface area contributed by atoms with Gasteiger partial charge in [-0.05, 0) is 44.9 Å². The molecule has 0 aliphatic heterocycles. The summed E-state index contributed by atoms with van der Waals surface area (Å²) in [6, 6.07) is -0.815. The van der Waals surface area contributed by atoms with Crippen molar-refractivity contribution in [3.05, 3.63) is 36.5 Å². The minimum Gasteiger partial charge on any atom is -0.394 e. The lowest BCUT2D eigenvalue weighted by Crippen LogP contribution is -2.48. The van der Waals surface area contributed by atoms with Crippen LogP contribution in [0.4, 0.5) is 0 Å². The first-order chi connectivity index (χ1) is 20.6. The molecule has 3 unspecified atom stereocenters. The Kier molecular flexibility index (Phi) is 31.4. The summed E-state index contributed by atoms with van der Waals surface area (Å²) in [4.78, 5) is 12.3. The van der Waals surface area contributed by atoms with E-state index in [1.54, 1.807) is 6.08 Å². The van der Waals surface area contributed by atoms with Crippen molar-refractivity contribution in [3.63, 3.8) is 0 Å². The first-order valence-electron chi connectivity index (χ1n) is 17.8. The van der Waals surface area contributed by atoms with Crippen molar-refractivity contribution in [2.75, 3.05) is 6.61 Å². The maximum atomic E-state index is 12.3. The second kappa shape index (κ2) is 32.5. The molecule has 0 spiro atoms. The fraction of sp³-hybridized carbons (Fsp3) is 0.811. The molecule has 0 saturated carbocycles. The molecule has 246 valence electrons. The summed E-state index contributed by atoms with van der Waals surface area (Å²) < 4.78 is 0. The smallest absolute Gasteiger partial charge is 0.249 e. The number of unbranched alkanes of at least 4 members (excludes halogenated alkanes) is 19. The fourth-order valence-electron chi connectivity index (χ4n) is 5.10. The van der Waals surface area contributed by atoms with Crippen LogP contribution in [0.1, 0.15) is 168 Å². The van der Waals surface area contributed by atoms with Crippen LogP contribution in [0, 0.1) is 0 Å². The minimum absolute atomic E-state index is 0.380. The quantitative estimate of drug-likeness (QED) is 0.0478. The lowest BCUT2D eigenvalue weighted by molar-refractivity contribution is -0.131. The van der Waals surface area contributed by atoms with E-state index in [9.17, 15) is 20.1 Å². The van der Waals surface area contributed by atoms with E-state index in [-0.39, 0.29) is 6.61 Å². The zero-order chi connectivity index (χ0) is 30.9. The number of nitrogens with one attached hydrogen (secondary N) is 1. The molecule has 0 radical (unpaired) electrons. The van der Waals surface area contributed by atoms with Gasteiger partial charge in [0.1, 0.15) is 6.10 Å². The number of aliphatic hydroxyl groups excluding tert-OH is 3. The largest absolute Gasteiger partial charge is 0.394 e. The number of hydrogen-bond acceptors (Lipinski definition) is 4. The molecule has 1 amide bonds. The molecule has 0 fully saturated rings. The van der Waals surface area contributed by atoms with Crippen molar-refractivity contribution >= 4 is 5.91 Å². The molecule has 0 saturated heterocycles. The monoisotopic (exact) mass is 592 g/mol. The first-order valence-corrected chi connectivity index (χ1v) is 17.8. The van der Waals surface area contributed by atoms with E-state index < -0.39 is 24.2 Å². The number of aliphatic hydroxyl groups is 3. The maximum Gasteiger partial charge on any atom is 0.249 e. The predicted octanol–water partition coefficient (Wildman–Crippen LogP) is 9.26. The highest BCUT2D eigenvalue weighted by Gasteiger charge is 2.22. The van der Waals surface area contributed by atoms with Gasteiger partial charge in [-0.1, -0.05) is 159 Å². The molecule has 0 bridgehead atoms. The third-order valence-corrected chi connectivity index (χ3v) is 7.96. The lowest BCUT2D eigenvalue weighted by atomic mass is 10.0. The third-order valence-electron chi connectivity index (χ3n) is 7.96.